The van der Waals surface area contributed by atoms with Crippen molar-refractivity contribution in [3.05, 3.63) is 47.7 Å². The first kappa shape index (κ1) is 21.5. The molecule has 0 radical (unpaired) electrons. The molecule has 0 saturated heterocycles. The number of carbonyl (C=O) groups is 2. The topological polar surface area (TPSA) is 57.5 Å². The van der Waals surface area contributed by atoms with E-state index in [1.165, 1.54) is 12.2 Å². The van der Waals surface area contributed by atoms with Crippen LogP contribution in [0.5, 0.6) is 0 Å². The molecule has 5 heteroatoms. The van der Waals surface area contributed by atoms with E-state index in [-0.39, 0.29) is 11.9 Å². The predicted octanol–water partition coefficient (Wildman–Crippen LogP) is 4.89. The highest BCUT2D eigenvalue weighted by molar-refractivity contribution is 5.98. The Hall–Kier alpha value is -2.82. The fourth-order valence-electron chi connectivity index (χ4n) is 2.85. The molecule has 0 bridgehead atoms. The molecule has 0 aliphatic carbocycles. The molecule has 0 fully saturated rings. The second-order valence-electron chi connectivity index (χ2n) is 6.58. The van der Waals surface area contributed by atoms with Gasteiger partial charge in [-0.15, -0.1) is 0 Å². The first-order valence-electron chi connectivity index (χ1n) is 9.85. The van der Waals surface area contributed by atoms with Crippen molar-refractivity contribution >= 4 is 35.0 Å². The fraction of sp³-hybridized carbons (Fsp3) is 0.391. The molecule has 28 heavy (non-hydrogen) atoms. The van der Waals surface area contributed by atoms with E-state index < -0.39 is 0 Å². The molecule has 1 heterocycles. The Kier molecular flexibility index (Phi) is 8.53. The molecule has 5 nitrogen and oxygen atoms in total. The van der Waals surface area contributed by atoms with Crippen LogP contribution in [0.15, 0.2) is 36.4 Å². The van der Waals surface area contributed by atoms with Gasteiger partial charge in [-0.05, 0) is 31.1 Å². The number of hydrogen-bond donors (Lipinski definition) is 0. The van der Waals surface area contributed by atoms with Crippen LogP contribution in [-0.4, -0.2) is 29.7 Å². The first-order chi connectivity index (χ1) is 13.6. The number of ether oxygens (including phenoxy) is 2. The van der Waals surface area contributed by atoms with Gasteiger partial charge in [0.2, 0.25) is 0 Å². The van der Waals surface area contributed by atoms with E-state index in [1.807, 2.05) is 49.7 Å². The van der Waals surface area contributed by atoms with Crippen LogP contribution in [0.25, 0.3) is 23.1 Å². The maximum Gasteiger partial charge on any atom is 0.330 e. The Morgan fingerprint density at radius 1 is 0.929 bits per heavy atom. The van der Waals surface area contributed by atoms with Crippen LogP contribution in [0.2, 0.25) is 0 Å². The van der Waals surface area contributed by atoms with Gasteiger partial charge in [0.05, 0.1) is 13.2 Å². The standard InChI is InChI=1S/C23H29NO4/c1-4-6-16-27-22(25)14-12-19-18-10-8-9-11-20(18)24(3)21(19)13-15-23(26)28-17-7-5-2/h8-15H,4-7,16-17H2,1-3H3/b14-12+,15-13+. The third-order valence-corrected chi connectivity index (χ3v) is 4.44. The van der Waals surface area contributed by atoms with Gasteiger partial charge >= 0.3 is 11.9 Å². The highest BCUT2D eigenvalue weighted by Crippen LogP contribution is 2.27. The highest BCUT2D eigenvalue weighted by Gasteiger charge is 2.12. The van der Waals surface area contributed by atoms with E-state index >= 15 is 0 Å². The monoisotopic (exact) mass is 383 g/mol. The van der Waals surface area contributed by atoms with E-state index in [1.54, 1.807) is 12.2 Å². The van der Waals surface area contributed by atoms with Crippen molar-refractivity contribution in [2.75, 3.05) is 13.2 Å². The molecule has 0 atom stereocenters. The Labute approximate surface area is 166 Å². The molecule has 0 amide bonds. The quantitative estimate of drug-likeness (QED) is 0.333. The number of para-hydroxylation sites is 1. The van der Waals surface area contributed by atoms with Crippen LogP contribution in [0.4, 0.5) is 0 Å². The third kappa shape index (κ3) is 5.84. The third-order valence-electron chi connectivity index (χ3n) is 4.44. The van der Waals surface area contributed by atoms with E-state index in [9.17, 15) is 9.59 Å². The molecule has 150 valence electrons. The molecule has 0 N–H and O–H groups in total. The van der Waals surface area contributed by atoms with E-state index in [4.69, 9.17) is 9.47 Å². The summed E-state index contributed by atoms with van der Waals surface area (Å²) >= 11 is 0. The van der Waals surface area contributed by atoms with Gasteiger partial charge in [-0.3, -0.25) is 0 Å². The smallest absolute Gasteiger partial charge is 0.330 e. The Balaban J connectivity index is 2.26. The highest BCUT2D eigenvalue weighted by atomic mass is 16.5. The number of hydrogen-bond acceptors (Lipinski definition) is 4. The minimum atomic E-state index is -0.368. The Morgan fingerprint density at radius 3 is 2.11 bits per heavy atom. The Morgan fingerprint density at radius 2 is 1.50 bits per heavy atom. The maximum atomic E-state index is 12.0. The van der Waals surface area contributed by atoms with Crippen molar-refractivity contribution in [3.8, 4) is 0 Å². The summed E-state index contributed by atoms with van der Waals surface area (Å²) in [7, 11) is 1.93. The molecule has 2 rings (SSSR count). The molecular weight excluding hydrogens is 354 g/mol. The molecule has 2 aromatic rings. The second-order valence-corrected chi connectivity index (χ2v) is 6.58. The van der Waals surface area contributed by atoms with E-state index in [0.717, 1.165) is 47.8 Å². The summed E-state index contributed by atoms with van der Waals surface area (Å²) in [6.45, 7) is 4.94. The van der Waals surface area contributed by atoms with Gasteiger partial charge in [-0.2, -0.15) is 0 Å². The van der Waals surface area contributed by atoms with Gasteiger partial charge < -0.3 is 14.0 Å². The predicted molar refractivity (Wildman–Crippen MR) is 113 cm³/mol. The van der Waals surface area contributed by atoms with Crippen LogP contribution in [0.3, 0.4) is 0 Å². The normalized spacial score (nSPS) is 11.5. The summed E-state index contributed by atoms with van der Waals surface area (Å²) < 4.78 is 12.4. The maximum absolute atomic E-state index is 12.0. The van der Waals surface area contributed by atoms with Crippen molar-refractivity contribution in [1.29, 1.82) is 0 Å². The lowest BCUT2D eigenvalue weighted by atomic mass is 10.1. The zero-order chi connectivity index (χ0) is 20.4. The number of esters is 2. The lowest BCUT2D eigenvalue weighted by Gasteiger charge is -2.02. The molecule has 1 aromatic heterocycles. The number of nitrogens with zero attached hydrogens (tertiary/aromatic N) is 1. The summed E-state index contributed by atoms with van der Waals surface area (Å²) in [6.07, 6.45) is 10.0. The van der Waals surface area contributed by atoms with Gasteiger partial charge in [0.1, 0.15) is 0 Å². The Bertz CT molecular complexity index is 861. The number of unbranched alkanes of at least 4 members (excludes halogenated alkanes) is 2. The summed E-state index contributed by atoms with van der Waals surface area (Å²) in [5, 5.41) is 1.00. The number of aryl methyl sites for hydroxylation is 1. The molecule has 0 spiro atoms. The van der Waals surface area contributed by atoms with E-state index in [2.05, 4.69) is 0 Å². The summed E-state index contributed by atoms with van der Waals surface area (Å²) in [5.74, 6) is -0.733. The average Bonchev–Trinajstić information content (AvgIpc) is 2.97. The lowest BCUT2D eigenvalue weighted by molar-refractivity contribution is -0.138. The lowest BCUT2D eigenvalue weighted by Crippen LogP contribution is -2.02. The van der Waals surface area contributed by atoms with Gasteiger partial charge in [0.25, 0.3) is 0 Å². The van der Waals surface area contributed by atoms with Crippen molar-refractivity contribution in [2.45, 2.75) is 39.5 Å². The molecule has 0 aliphatic rings. The van der Waals surface area contributed by atoms with Gasteiger partial charge in [0, 0.05) is 41.4 Å². The zero-order valence-electron chi connectivity index (χ0n) is 16.9. The number of aromatic nitrogens is 1. The summed E-state index contributed by atoms with van der Waals surface area (Å²) in [5.41, 5.74) is 2.70. The number of fused-ring (bicyclic) bond motifs is 1. The van der Waals surface area contributed by atoms with E-state index in [0.29, 0.717) is 13.2 Å². The molecular formula is C23H29NO4. The summed E-state index contributed by atoms with van der Waals surface area (Å²) in [6, 6.07) is 7.91. The average molecular weight is 383 g/mol. The van der Waals surface area contributed by atoms with Crippen molar-refractivity contribution in [1.82, 2.24) is 4.57 Å². The SMILES string of the molecule is CCCCOC(=O)/C=C/c1c(/C=C/C(=O)OCCCC)n(C)c2ccccc12. The second kappa shape index (κ2) is 11.1. The molecule has 1 aromatic carbocycles. The molecule has 0 aliphatic heterocycles. The molecule has 0 saturated carbocycles. The number of carbonyl (C=O) groups excluding carboxylic acids is 2. The van der Waals surface area contributed by atoms with Gasteiger partial charge in [-0.25, -0.2) is 9.59 Å². The molecule has 0 unspecified atom stereocenters. The van der Waals surface area contributed by atoms with Crippen molar-refractivity contribution in [2.24, 2.45) is 7.05 Å². The zero-order valence-corrected chi connectivity index (χ0v) is 16.9. The van der Waals surface area contributed by atoms with Crippen LogP contribution >= 0.6 is 0 Å². The largest absolute Gasteiger partial charge is 0.463 e. The van der Waals surface area contributed by atoms with Crippen molar-refractivity contribution < 1.29 is 19.1 Å². The van der Waals surface area contributed by atoms with Crippen LogP contribution in [0.1, 0.15) is 50.8 Å². The number of benzene rings is 1. The van der Waals surface area contributed by atoms with Crippen molar-refractivity contribution in [3.63, 3.8) is 0 Å². The minimum absolute atomic E-state index is 0.365. The van der Waals surface area contributed by atoms with Gasteiger partial charge in [0.15, 0.2) is 0 Å². The minimum Gasteiger partial charge on any atom is -0.463 e. The fourth-order valence-corrected chi connectivity index (χ4v) is 2.85. The van der Waals surface area contributed by atoms with Crippen LogP contribution < -0.4 is 0 Å². The summed E-state index contributed by atoms with van der Waals surface area (Å²) in [4.78, 5) is 23.9. The number of rotatable bonds is 10. The van der Waals surface area contributed by atoms with Crippen LogP contribution in [-0.2, 0) is 26.1 Å². The van der Waals surface area contributed by atoms with Crippen LogP contribution in [0, 0.1) is 0 Å². The van der Waals surface area contributed by atoms with Gasteiger partial charge in [-0.1, -0.05) is 44.9 Å². The first-order valence-corrected chi connectivity index (χ1v) is 9.85.